The lowest BCUT2D eigenvalue weighted by Crippen LogP contribution is -2.28. The van der Waals surface area contributed by atoms with Crippen LogP contribution in [0.1, 0.15) is 58.8 Å². The van der Waals surface area contributed by atoms with E-state index in [0.717, 1.165) is 25.4 Å². The highest BCUT2D eigenvalue weighted by atomic mass is 16.1. The molecule has 0 bridgehead atoms. The van der Waals surface area contributed by atoms with Crippen molar-refractivity contribution < 1.29 is 4.79 Å². The second kappa shape index (κ2) is 7.00. The summed E-state index contributed by atoms with van der Waals surface area (Å²) in [5.41, 5.74) is 0. The molecule has 0 aliphatic heterocycles. The summed E-state index contributed by atoms with van der Waals surface area (Å²) in [7, 11) is 0. The maximum Gasteiger partial charge on any atom is 0.132 e. The van der Waals surface area contributed by atoms with Crippen molar-refractivity contribution in [1.29, 1.82) is 0 Å². The van der Waals surface area contributed by atoms with Gasteiger partial charge in [-0.05, 0) is 38.8 Å². The van der Waals surface area contributed by atoms with Gasteiger partial charge < -0.3 is 4.90 Å². The molecule has 0 unspecified atom stereocenters. The first-order valence-electron chi connectivity index (χ1n) is 6.53. The van der Waals surface area contributed by atoms with Gasteiger partial charge in [-0.3, -0.25) is 4.79 Å². The standard InChI is InChI=1S/C13H25NO/c1-3-5-10-14(12-8-9-12)11-6-7-13(15)4-2/h12H,3-11H2,1-2H3. The van der Waals surface area contributed by atoms with Crippen molar-refractivity contribution in [1.82, 2.24) is 4.90 Å². The summed E-state index contributed by atoms with van der Waals surface area (Å²) in [6.45, 7) is 6.57. The number of hydrogen-bond donors (Lipinski definition) is 0. The van der Waals surface area contributed by atoms with E-state index in [1.807, 2.05) is 6.92 Å². The quantitative estimate of drug-likeness (QED) is 0.584. The second-order valence-electron chi connectivity index (χ2n) is 4.62. The van der Waals surface area contributed by atoms with E-state index in [4.69, 9.17) is 0 Å². The van der Waals surface area contributed by atoms with E-state index in [1.165, 1.54) is 32.2 Å². The van der Waals surface area contributed by atoms with Crippen LogP contribution in [0.25, 0.3) is 0 Å². The van der Waals surface area contributed by atoms with Gasteiger partial charge in [0, 0.05) is 18.9 Å². The smallest absolute Gasteiger partial charge is 0.132 e. The number of hydrogen-bond acceptors (Lipinski definition) is 2. The Morgan fingerprint density at radius 3 is 2.40 bits per heavy atom. The van der Waals surface area contributed by atoms with E-state index < -0.39 is 0 Å². The van der Waals surface area contributed by atoms with Gasteiger partial charge in [0.1, 0.15) is 5.78 Å². The van der Waals surface area contributed by atoms with Crippen molar-refractivity contribution >= 4 is 5.78 Å². The van der Waals surface area contributed by atoms with Gasteiger partial charge in [-0.1, -0.05) is 20.3 Å². The molecular formula is C13H25NO. The minimum absolute atomic E-state index is 0.418. The molecule has 0 N–H and O–H groups in total. The lowest BCUT2D eigenvalue weighted by Gasteiger charge is -2.21. The number of rotatable bonds is 9. The predicted molar refractivity (Wildman–Crippen MR) is 64.0 cm³/mol. The fourth-order valence-electron chi connectivity index (χ4n) is 1.93. The molecule has 1 aliphatic rings. The third-order valence-electron chi connectivity index (χ3n) is 3.16. The molecule has 88 valence electrons. The maximum atomic E-state index is 11.2. The zero-order valence-corrected chi connectivity index (χ0v) is 10.3. The average molecular weight is 211 g/mol. The molecule has 15 heavy (non-hydrogen) atoms. The van der Waals surface area contributed by atoms with Gasteiger partial charge in [0.2, 0.25) is 0 Å². The number of unbranched alkanes of at least 4 members (excludes halogenated alkanes) is 1. The fraction of sp³-hybridized carbons (Fsp3) is 0.923. The van der Waals surface area contributed by atoms with E-state index in [0.29, 0.717) is 12.2 Å². The van der Waals surface area contributed by atoms with Crippen molar-refractivity contribution in [3.63, 3.8) is 0 Å². The van der Waals surface area contributed by atoms with Crippen LogP contribution in [-0.4, -0.2) is 29.8 Å². The Labute approximate surface area is 94.0 Å². The van der Waals surface area contributed by atoms with Crippen molar-refractivity contribution in [2.45, 2.75) is 64.8 Å². The molecule has 0 spiro atoms. The summed E-state index contributed by atoms with van der Waals surface area (Å²) in [5.74, 6) is 0.418. The van der Waals surface area contributed by atoms with Gasteiger partial charge in [0.05, 0.1) is 0 Å². The van der Waals surface area contributed by atoms with Crippen molar-refractivity contribution in [3.8, 4) is 0 Å². The first kappa shape index (κ1) is 12.7. The third kappa shape index (κ3) is 5.31. The largest absolute Gasteiger partial charge is 0.300 e. The molecule has 0 atom stereocenters. The zero-order chi connectivity index (χ0) is 11.1. The molecule has 2 heteroatoms. The summed E-state index contributed by atoms with van der Waals surface area (Å²) >= 11 is 0. The number of Topliss-reactive ketones (excluding diaryl/α,β-unsaturated/α-hetero) is 1. The monoisotopic (exact) mass is 211 g/mol. The molecule has 0 aromatic carbocycles. The third-order valence-corrected chi connectivity index (χ3v) is 3.16. The van der Waals surface area contributed by atoms with Crippen LogP contribution in [0.2, 0.25) is 0 Å². The Kier molecular flexibility index (Phi) is 5.92. The molecule has 2 nitrogen and oxygen atoms in total. The van der Waals surface area contributed by atoms with Crippen LogP contribution in [0.3, 0.4) is 0 Å². The van der Waals surface area contributed by atoms with Gasteiger partial charge >= 0.3 is 0 Å². The Balaban J connectivity index is 2.11. The highest BCUT2D eigenvalue weighted by molar-refractivity contribution is 5.77. The van der Waals surface area contributed by atoms with Crippen molar-refractivity contribution in [3.05, 3.63) is 0 Å². The molecule has 1 saturated carbocycles. The van der Waals surface area contributed by atoms with Crippen LogP contribution < -0.4 is 0 Å². The Bertz CT molecular complexity index is 187. The van der Waals surface area contributed by atoms with E-state index in [-0.39, 0.29) is 0 Å². The van der Waals surface area contributed by atoms with Crippen LogP contribution in [0.15, 0.2) is 0 Å². The number of carbonyl (C=O) groups excluding carboxylic acids is 1. The van der Waals surface area contributed by atoms with Crippen molar-refractivity contribution in [2.24, 2.45) is 0 Å². The van der Waals surface area contributed by atoms with Gasteiger partial charge in [0.15, 0.2) is 0 Å². The summed E-state index contributed by atoms with van der Waals surface area (Å²) in [5, 5.41) is 0. The van der Waals surface area contributed by atoms with Gasteiger partial charge in [-0.2, -0.15) is 0 Å². The molecule has 1 fully saturated rings. The van der Waals surface area contributed by atoms with Crippen LogP contribution in [0.4, 0.5) is 0 Å². The first-order chi connectivity index (χ1) is 7.27. The minimum Gasteiger partial charge on any atom is -0.300 e. The SMILES string of the molecule is CCCCN(CCCC(=O)CC)C1CC1. The number of ketones is 1. The normalized spacial score (nSPS) is 15.9. The van der Waals surface area contributed by atoms with Crippen LogP contribution in [-0.2, 0) is 4.79 Å². The Morgan fingerprint density at radius 2 is 1.87 bits per heavy atom. The van der Waals surface area contributed by atoms with E-state index in [1.54, 1.807) is 0 Å². The fourth-order valence-corrected chi connectivity index (χ4v) is 1.93. The molecular weight excluding hydrogens is 186 g/mol. The summed E-state index contributed by atoms with van der Waals surface area (Å²) in [6, 6.07) is 0.855. The molecule has 1 aliphatic carbocycles. The summed E-state index contributed by atoms with van der Waals surface area (Å²) in [6.07, 6.45) is 7.89. The number of carbonyl (C=O) groups is 1. The minimum atomic E-state index is 0.418. The molecule has 0 amide bonds. The lowest BCUT2D eigenvalue weighted by molar-refractivity contribution is -0.118. The van der Waals surface area contributed by atoms with E-state index in [9.17, 15) is 4.79 Å². The predicted octanol–water partition coefficient (Wildman–Crippen LogP) is 3.01. The molecule has 1 rings (SSSR count). The van der Waals surface area contributed by atoms with Gasteiger partial charge in [-0.25, -0.2) is 0 Å². The lowest BCUT2D eigenvalue weighted by atomic mass is 10.1. The highest BCUT2D eigenvalue weighted by Crippen LogP contribution is 2.27. The molecule has 0 radical (unpaired) electrons. The molecule has 0 heterocycles. The average Bonchev–Trinajstić information content (AvgIpc) is 3.06. The molecule has 0 aromatic heterocycles. The first-order valence-corrected chi connectivity index (χ1v) is 6.53. The second-order valence-corrected chi connectivity index (χ2v) is 4.62. The topological polar surface area (TPSA) is 20.3 Å². The van der Waals surface area contributed by atoms with Crippen LogP contribution in [0.5, 0.6) is 0 Å². The van der Waals surface area contributed by atoms with Gasteiger partial charge in [-0.15, -0.1) is 0 Å². The van der Waals surface area contributed by atoms with Gasteiger partial charge in [0.25, 0.3) is 0 Å². The zero-order valence-electron chi connectivity index (χ0n) is 10.3. The Morgan fingerprint density at radius 1 is 1.20 bits per heavy atom. The maximum absolute atomic E-state index is 11.2. The summed E-state index contributed by atoms with van der Waals surface area (Å²) < 4.78 is 0. The molecule has 0 saturated heterocycles. The van der Waals surface area contributed by atoms with E-state index >= 15 is 0 Å². The van der Waals surface area contributed by atoms with Crippen LogP contribution >= 0.6 is 0 Å². The van der Waals surface area contributed by atoms with E-state index in [2.05, 4.69) is 11.8 Å². The number of nitrogens with zero attached hydrogens (tertiary/aromatic N) is 1. The summed E-state index contributed by atoms with van der Waals surface area (Å²) in [4.78, 5) is 13.8. The van der Waals surface area contributed by atoms with Crippen LogP contribution in [0, 0.1) is 0 Å². The van der Waals surface area contributed by atoms with Crippen molar-refractivity contribution in [2.75, 3.05) is 13.1 Å². The molecule has 0 aromatic rings. The highest BCUT2D eigenvalue weighted by Gasteiger charge is 2.27. The Hall–Kier alpha value is -0.370.